The molecule has 0 aliphatic rings. The SMILES string of the molecule is CC(NC(=O)OC(C)(C)C)c1ccc(-c2cccc(C#N)c2)cc1. The van der Waals surface area contributed by atoms with Crippen molar-refractivity contribution in [2.75, 3.05) is 0 Å². The number of amides is 1. The van der Waals surface area contributed by atoms with Crippen LogP contribution in [0.5, 0.6) is 0 Å². The highest BCUT2D eigenvalue weighted by molar-refractivity contribution is 5.69. The van der Waals surface area contributed by atoms with Gasteiger partial charge in [0.1, 0.15) is 5.60 Å². The van der Waals surface area contributed by atoms with E-state index < -0.39 is 11.7 Å². The summed E-state index contributed by atoms with van der Waals surface area (Å²) >= 11 is 0. The first-order chi connectivity index (χ1) is 11.3. The van der Waals surface area contributed by atoms with Gasteiger partial charge in [0.25, 0.3) is 0 Å². The van der Waals surface area contributed by atoms with Crippen LogP contribution >= 0.6 is 0 Å². The molecule has 0 radical (unpaired) electrons. The number of carbonyl (C=O) groups is 1. The number of carbonyl (C=O) groups excluding carboxylic acids is 1. The van der Waals surface area contributed by atoms with Gasteiger partial charge in [-0.25, -0.2) is 4.79 Å². The first-order valence-electron chi connectivity index (χ1n) is 7.88. The van der Waals surface area contributed by atoms with Gasteiger partial charge in [0, 0.05) is 0 Å². The molecule has 1 amide bonds. The van der Waals surface area contributed by atoms with Gasteiger partial charge in [0.2, 0.25) is 0 Å². The van der Waals surface area contributed by atoms with E-state index in [4.69, 9.17) is 10.00 Å². The molecular weight excluding hydrogens is 300 g/mol. The number of nitrogens with one attached hydrogen (secondary N) is 1. The fourth-order valence-corrected chi connectivity index (χ4v) is 2.30. The van der Waals surface area contributed by atoms with Crippen LogP contribution in [0, 0.1) is 11.3 Å². The third-order valence-corrected chi connectivity index (χ3v) is 3.47. The second-order valence-electron chi connectivity index (χ2n) is 6.68. The second kappa shape index (κ2) is 7.18. The molecule has 0 saturated carbocycles. The van der Waals surface area contributed by atoms with E-state index in [-0.39, 0.29) is 6.04 Å². The Morgan fingerprint density at radius 2 is 1.79 bits per heavy atom. The summed E-state index contributed by atoms with van der Waals surface area (Å²) in [7, 11) is 0. The van der Waals surface area contributed by atoms with Crippen molar-refractivity contribution in [3.8, 4) is 17.2 Å². The molecule has 2 rings (SSSR count). The van der Waals surface area contributed by atoms with Crippen LogP contribution in [0.25, 0.3) is 11.1 Å². The summed E-state index contributed by atoms with van der Waals surface area (Å²) in [4.78, 5) is 11.8. The number of alkyl carbamates (subject to hydrolysis) is 1. The Morgan fingerprint density at radius 1 is 1.12 bits per heavy atom. The lowest BCUT2D eigenvalue weighted by Crippen LogP contribution is -2.34. The fraction of sp³-hybridized carbons (Fsp3) is 0.300. The molecule has 0 aromatic heterocycles. The molecular formula is C20H22N2O2. The van der Waals surface area contributed by atoms with E-state index in [9.17, 15) is 4.79 Å². The topological polar surface area (TPSA) is 62.1 Å². The molecule has 124 valence electrons. The number of benzene rings is 2. The van der Waals surface area contributed by atoms with Gasteiger partial charge in [-0.3, -0.25) is 0 Å². The molecule has 1 atom stereocenters. The Labute approximate surface area is 143 Å². The molecule has 0 bridgehead atoms. The normalized spacial score (nSPS) is 12.1. The van der Waals surface area contributed by atoms with Crippen LogP contribution in [0.4, 0.5) is 4.79 Å². The van der Waals surface area contributed by atoms with Crippen molar-refractivity contribution >= 4 is 6.09 Å². The van der Waals surface area contributed by atoms with Crippen LogP contribution in [0.2, 0.25) is 0 Å². The van der Waals surface area contributed by atoms with Crippen LogP contribution in [-0.2, 0) is 4.74 Å². The Balaban J connectivity index is 2.08. The summed E-state index contributed by atoms with van der Waals surface area (Å²) in [5, 5.41) is 11.8. The standard InChI is InChI=1S/C20H22N2O2/c1-14(22-19(23)24-20(2,3)4)16-8-10-17(11-9-16)18-7-5-6-15(12-18)13-21/h5-12,14H,1-4H3,(H,22,23). The molecule has 0 aliphatic heterocycles. The predicted molar refractivity (Wildman–Crippen MR) is 94.4 cm³/mol. The zero-order chi connectivity index (χ0) is 17.7. The predicted octanol–water partition coefficient (Wildman–Crippen LogP) is 4.81. The third kappa shape index (κ3) is 4.85. The number of hydrogen-bond donors (Lipinski definition) is 1. The molecule has 1 unspecified atom stereocenters. The van der Waals surface area contributed by atoms with E-state index in [1.54, 1.807) is 6.07 Å². The average molecular weight is 322 g/mol. The van der Waals surface area contributed by atoms with Crippen LogP contribution in [-0.4, -0.2) is 11.7 Å². The van der Waals surface area contributed by atoms with Gasteiger partial charge in [0.05, 0.1) is 17.7 Å². The van der Waals surface area contributed by atoms with E-state index >= 15 is 0 Å². The van der Waals surface area contributed by atoms with Crippen molar-refractivity contribution in [1.29, 1.82) is 5.26 Å². The van der Waals surface area contributed by atoms with Crippen molar-refractivity contribution in [1.82, 2.24) is 5.32 Å². The maximum Gasteiger partial charge on any atom is 0.408 e. The lowest BCUT2D eigenvalue weighted by Gasteiger charge is -2.22. The lowest BCUT2D eigenvalue weighted by atomic mass is 10.0. The van der Waals surface area contributed by atoms with Crippen LogP contribution < -0.4 is 5.32 Å². The lowest BCUT2D eigenvalue weighted by molar-refractivity contribution is 0.0508. The summed E-state index contributed by atoms with van der Waals surface area (Å²) in [6.07, 6.45) is -0.430. The molecule has 1 N–H and O–H groups in total. The largest absolute Gasteiger partial charge is 0.444 e. The maximum absolute atomic E-state index is 11.8. The van der Waals surface area contributed by atoms with Gasteiger partial charge >= 0.3 is 6.09 Å². The molecule has 4 nitrogen and oxygen atoms in total. The van der Waals surface area contributed by atoms with Gasteiger partial charge in [-0.05, 0) is 56.5 Å². The Kier molecular flexibility index (Phi) is 5.25. The summed E-state index contributed by atoms with van der Waals surface area (Å²) in [6.45, 7) is 7.42. The number of hydrogen-bond acceptors (Lipinski definition) is 3. The Morgan fingerprint density at radius 3 is 2.38 bits per heavy atom. The molecule has 2 aromatic rings. The summed E-state index contributed by atoms with van der Waals surface area (Å²) in [5.41, 5.74) is 3.13. The zero-order valence-corrected chi connectivity index (χ0v) is 14.5. The van der Waals surface area contributed by atoms with E-state index in [0.717, 1.165) is 16.7 Å². The number of ether oxygens (including phenoxy) is 1. The van der Waals surface area contributed by atoms with Crippen LogP contribution in [0.1, 0.15) is 44.9 Å². The summed E-state index contributed by atoms with van der Waals surface area (Å²) in [5.74, 6) is 0. The van der Waals surface area contributed by atoms with Gasteiger partial charge in [-0.15, -0.1) is 0 Å². The Bertz CT molecular complexity index is 752. The zero-order valence-electron chi connectivity index (χ0n) is 14.5. The van der Waals surface area contributed by atoms with Crippen LogP contribution in [0.15, 0.2) is 48.5 Å². The minimum absolute atomic E-state index is 0.153. The fourth-order valence-electron chi connectivity index (χ4n) is 2.30. The molecule has 0 saturated heterocycles. The molecule has 0 fully saturated rings. The Hall–Kier alpha value is -2.80. The third-order valence-electron chi connectivity index (χ3n) is 3.47. The first-order valence-corrected chi connectivity index (χ1v) is 7.88. The molecule has 24 heavy (non-hydrogen) atoms. The monoisotopic (exact) mass is 322 g/mol. The highest BCUT2D eigenvalue weighted by Crippen LogP contribution is 2.23. The highest BCUT2D eigenvalue weighted by Gasteiger charge is 2.18. The number of rotatable bonds is 3. The van der Waals surface area contributed by atoms with Gasteiger partial charge < -0.3 is 10.1 Å². The van der Waals surface area contributed by atoms with Crippen molar-refractivity contribution in [3.63, 3.8) is 0 Å². The number of nitriles is 1. The van der Waals surface area contributed by atoms with Gasteiger partial charge in [0.15, 0.2) is 0 Å². The van der Waals surface area contributed by atoms with E-state index in [1.807, 2.05) is 70.2 Å². The quantitative estimate of drug-likeness (QED) is 0.882. The molecule has 0 aliphatic carbocycles. The smallest absolute Gasteiger partial charge is 0.408 e. The van der Waals surface area contributed by atoms with Gasteiger partial charge in [-0.2, -0.15) is 5.26 Å². The van der Waals surface area contributed by atoms with Crippen molar-refractivity contribution in [2.24, 2.45) is 0 Å². The minimum Gasteiger partial charge on any atom is -0.444 e. The number of nitrogens with zero attached hydrogens (tertiary/aromatic N) is 1. The summed E-state index contributed by atoms with van der Waals surface area (Å²) < 4.78 is 5.27. The maximum atomic E-state index is 11.8. The molecule has 0 spiro atoms. The second-order valence-corrected chi connectivity index (χ2v) is 6.68. The first kappa shape index (κ1) is 17.6. The van der Waals surface area contributed by atoms with Gasteiger partial charge in [-0.1, -0.05) is 36.4 Å². The highest BCUT2D eigenvalue weighted by atomic mass is 16.6. The minimum atomic E-state index is -0.514. The molecule has 2 aromatic carbocycles. The van der Waals surface area contributed by atoms with Crippen molar-refractivity contribution in [2.45, 2.75) is 39.3 Å². The molecule has 0 heterocycles. The van der Waals surface area contributed by atoms with E-state index in [2.05, 4.69) is 11.4 Å². The van der Waals surface area contributed by atoms with Crippen molar-refractivity contribution < 1.29 is 9.53 Å². The molecule has 4 heteroatoms. The van der Waals surface area contributed by atoms with Crippen LogP contribution in [0.3, 0.4) is 0 Å². The summed E-state index contributed by atoms with van der Waals surface area (Å²) in [6, 6.07) is 17.4. The van der Waals surface area contributed by atoms with E-state index in [1.165, 1.54) is 0 Å². The van der Waals surface area contributed by atoms with E-state index in [0.29, 0.717) is 5.56 Å². The average Bonchev–Trinajstić information content (AvgIpc) is 2.53. The van der Waals surface area contributed by atoms with Crippen molar-refractivity contribution in [3.05, 3.63) is 59.7 Å².